The number of aliphatic carboxylic acids is 1. The van der Waals surface area contributed by atoms with Crippen LogP contribution in [-0.4, -0.2) is 16.2 Å². The number of carboxylic acid groups (broad SMARTS) is 1. The minimum atomic E-state index is -0.861. The van der Waals surface area contributed by atoms with Crippen LogP contribution in [0.3, 0.4) is 0 Å². The highest BCUT2D eigenvalue weighted by molar-refractivity contribution is 6.31. The first kappa shape index (κ1) is 10.5. The average molecular weight is 227 g/mol. The summed E-state index contributed by atoms with van der Waals surface area (Å²) in [5, 5.41) is 19.0. The quantitative estimate of drug-likeness (QED) is 0.814. The number of fused-ring (bicyclic) bond motifs is 1. The number of aliphatic hydroxyl groups excluding tert-OH is 1. The molecule has 0 aliphatic heterocycles. The lowest BCUT2D eigenvalue weighted by Crippen LogP contribution is -2.03. The van der Waals surface area contributed by atoms with Gasteiger partial charge >= 0.3 is 5.97 Å². The SMILES string of the molecule is O=C(O)CC1CC(O)c2cccc(Cl)c21. The van der Waals surface area contributed by atoms with Crippen molar-refractivity contribution in [1.82, 2.24) is 0 Å². The molecule has 0 amide bonds. The fourth-order valence-corrected chi connectivity index (χ4v) is 2.52. The number of carbonyl (C=O) groups is 1. The zero-order valence-electron chi connectivity index (χ0n) is 7.98. The molecule has 0 fully saturated rings. The minimum Gasteiger partial charge on any atom is -0.481 e. The van der Waals surface area contributed by atoms with E-state index < -0.39 is 12.1 Å². The first-order valence-corrected chi connectivity index (χ1v) is 5.15. The van der Waals surface area contributed by atoms with E-state index in [0.29, 0.717) is 11.4 Å². The summed E-state index contributed by atoms with van der Waals surface area (Å²) in [7, 11) is 0. The van der Waals surface area contributed by atoms with E-state index in [1.165, 1.54) is 0 Å². The number of hydrogen-bond acceptors (Lipinski definition) is 2. The summed E-state index contributed by atoms with van der Waals surface area (Å²) in [5.74, 6) is -1.03. The van der Waals surface area contributed by atoms with Gasteiger partial charge in [-0.3, -0.25) is 4.79 Å². The second kappa shape index (κ2) is 3.83. The van der Waals surface area contributed by atoms with Crippen LogP contribution >= 0.6 is 11.6 Å². The fourth-order valence-electron chi connectivity index (χ4n) is 2.19. The summed E-state index contributed by atoms with van der Waals surface area (Å²) in [6.07, 6.45) is -0.109. The number of halogens is 1. The normalized spacial score (nSPS) is 23.9. The number of carboxylic acids is 1. The molecule has 15 heavy (non-hydrogen) atoms. The summed E-state index contributed by atoms with van der Waals surface area (Å²) in [4.78, 5) is 10.7. The summed E-state index contributed by atoms with van der Waals surface area (Å²) in [5.41, 5.74) is 1.57. The third kappa shape index (κ3) is 1.85. The molecular formula is C11H11ClO3. The number of hydrogen-bond donors (Lipinski definition) is 2. The Hall–Kier alpha value is -1.06. The van der Waals surface area contributed by atoms with Crippen LogP contribution in [0.1, 0.15) is 36.0 Å². The van der Waals surface area contributed by atoms with Crippen molar-refractivity contribution in [2.75, 3.05) is 0 Å². The molecule has 0 spiro atoms. The van der Waals surface area contributed by atoms with Gasteiger partial charge in [-0.1, -0.05) is 23.7 Å². The standard InChI is InChI=1S/C11H11ClO3/c12-8-3-1-2-7-9(13)4-6(11(7)8)5-10(14)15/h1-3,6,9,13H,4-5H2,(H,14,15). The van der Waals surface area contributed by atoms with Crippen molar-refractivity contribution in [3.05, 3.63) is 34.3 Å². The minimum absolute atomic E-state index is 0.0216. The third-order valence-electron chi connectivity index (χ3n) is 2.78. The smallest absolute Gasteiger partial charge is 0.303 e. The molecule has 0 aromatic heterocycles. The molecule has 0 saturated carbocycles. The Morgan fingerprint density at radius 1 is 1.53 bits per heavy atom. The molecule has 1 aromatic rings. The van der Waals surface area contributed by atoms with Gasteiger partial charge < -0.3 is 10.2 Å². The van der Waals surface area contributed by atoms with Crippen LogP contribution in [0.4, 0.5) is 0 Å². The Morgan fingerprint density at radius 2 is 2.27 bits per heavy atom. The molecule has 2 unspecified atom stereocenters. The second-order valence-electron chi connectivity index (χ2n) is 3.79. The van der Waals surface area contributed by atoms with Crippen LogP contribution in [0.25, 0.3) is 0 Å². The molecule has 1 aromatic carbocycles. The van der Waals surface area contributed by atoms with Gasteiger partial charge in [0, 0.05) is 5.02 Å². The van der Waals surface area contributed by atoms with Gasteiger partial charge in [0.1, 0.15) is 0 Å². The molecule has 0 saturated heterocycles. The van der Waals surface area contributed by atoms with Gasteiger partial charge in [0.2, 0.25) is 0 Å². The average Bonchev–Trinajstić information content (AvgIpc) is 2.44. The summed E-state index contributed by atoms with van der Waals surface area (Å²) < 4.78 is 0. The van der Waals surface area contributed by atoms with Crippen molar-refractivity contribution < 1.29 is 15.0 Å². The molecular weight excluding hydrogens is 216 g/mol. The molecule has 1 aliphatic carbocycles. The lowest BCUT2D eigenvalue weighted by molar-refractivity contribution is -0.137. The Balaban J connectivity index is 2.39. The highest BCUT2D eigenvalue weighted by atomic mass is 35.5. The van der Waals surface area contributed by atoms with Gasteiger partial charge in [0.15, 0.2) is 0 Å². The molecule has 2 N–H and O–H groups in total. The highest BCUT2D eigenvalue weighted by Crippen LogP contribution is 2.45. The van der Waals surface area contributed by atoms with E-state index in [1.54, 1.807) is 18.2 Å². The zero-order chi connectivity index (χ0) is 11.0. The van der Waals surface area contributed by atoms with Crippen LogP contribution < -0.4 is 0 Å². The van der Waals surface area contributed by atoms with E-state index in [-0.39, 0.29) is 12.3 Å². The van der Waals surface area contributed by atoms with Crippen molar-refractivity contribution in [3.8, 4) is 0 Å². The maximum atomic E-state index is 10.7. The number of aliphatic hydroxyl groups is 1. The van der Waals surface area contributed by atoms with E-state index in [2.05, 4.69) is 0 Å². The van der Waals surface area contributed by atoms with E-state index in [1.807, 2.05) is 0 Å². The fraction of sp³-hybridized carbons (Fsp3) is 0.364. The maximum absolute atomic E-state index is 10.7. The molecule has 0 radical (unpaired) electrons. The molecule has 2 atom stereocenters. The molecule has 0 bridgehead atoms. The molecule has 0 heterocycles. The molecule has 80 valence electrons. The zero-order valence-corrected chi connectivity index (χ0v) is 8.74. The lowest BCUT2D eigenvalue weighted by Gasteiger charge is -2.09. The van der Waals surface area contributed by atoms with E-state index in [9.17, 15) is 9.90 Å². The van der Waals surface area contributed by atoms with E-state index in [4.69, 9.17) is 16.7 Å². The summed E-state index contributed by atoms with van der Waals surface area (Å²) in [6, 6.07) is 5.30. The molecule has 2 rings (SSSR count). The van der Waals surface area contributed by atoms with Crippen molar-refractivity contribution in [1.29, 1.82) is 0 Å². The summed E-state index contributed by atoms with van der Waals surface area (Å²) >= 11 is 6.01. The number of rotatable bonds is 2. The highest BCUT2D eigenvalue weighted by Gasteiger charge is 2.32. The first-order chi connectivity index (χ1) is 7.09. The van der Waals surface area contributed by atoms with Crippen molar-refractivity contribution in [2.45, 2.75) is 24.9 Å². The predicted molar refractivity (Wildman–Crippen MR) is 56.0 cm³/mol. The van der Waals surface area contributed by atoms with Crippen LogP contribution in [0.2, 0.25) is 5.02 Å². The van der Waals surface area contributed by atoms with E-state index in [0.717, 1.165) is 11.1 Å². The Bertz CT molecular complexity index is 403. The van der Waals surface area contributed by atoms with Gasteiger partial charge in [-0.2, -0.15) is 0 Å². The van der Waals surface area contributed by atoms with Gasteiger partial charge in [0.25, 0.3) is 0 Å². The molecule has 1 aliphatic rings. The van der Waals surface area contributed by atoms with Crippen molar-refractivity contribution in [3.63, 3.8) is 0 Å². The third-order valence-corrected chi connectivity index (χ3v) is 3.11. The van der Waals surface area contributed by atoms with Gasteiger partial charge in [-0.05, 0) is 29.5 Å². The van der Waals surface area contributed by atoms with Gasteiger partial charge in [-0.25, -0.2) is 0 Å². The van der Waals surface area contributed by atoms with Crippen LogP contribution in [0.5, 0.6) is 0 Å². The van der Waals surface area contributed by atoms with Crippen molar-refractivity contribution in [2.24, 2.45) is 0 Å². The molecule has 3 nitrogen and oxygen atoms in total. The van der Waals surface area contributed by atoms with Crippen LogP contribution in [0.15, 0.2) is 18.2 Å². The Labute approximate surface area is 92.3 Å². The largest absolute Gasteiger partial charge is 0.481 e. The van der Waals surface area contributed by atoms with Crippen molar-refractivity contribution >= 4 is 17.6 Å². The predicted octanol–water partition coefficient (Wildman–Crippen LogP) is 2.34. The maximum Gasteiger partial charge on any atom is 0.303 e. The van der Waals surface area contributed by atoms with Crippen LogP contribution in [-0.2, 0) is 4.79 Å². The summed E-state index contributed by atoms with van der Waals surface area (Å²) in [6.45, 7) is 0. The van der Waals surface area contributed by atoms with Gasteiger partial charge in [0.05, 0.1) is 12.5 Å². The Morgan fingerprint density at radius 3 is 2.93 bits per heavy atom. The Kier molecular flexibility index (Phi) is 2.67. The second-order valence-corrected chi connectivity index (χ2v) is 4.20. The van der Waals surface area contributed by atoms with E-state index >= 15 is 0 Å². The lowest BCUT2D eigenvalue weighted by atomic mass is 9.98. The van der Waals surface area contributed by atoms with Crippen LogP contribution in [0, 0.1) is 0 Å². The topological polar surface area (TPSA) is 57.5 Å². The monoisotopic (exact) mass is 226 g/mol. The van der Waals surface area contributed by atoms with Gasteiger partial charge in [-0.15, -0.1) is 0 Å². The first-order valence-electron chi connectivity index (χ1n) is 4.77. The molecule has 4 heteroatoms. The number of benzene rings is 1.